The monoisotopic (exact) mass is 368 g/mol. The minimum absolute atomic E-state index is 0.335. The van der Waals surface area contributed by atoms with E-state index in [1.54, 1.807) is 23.5 Å². The van der Waals surface area contributed by atoms with Crippen molar-refractivity contribution in [2.24, 2.45) is 0 Å². The fraction of sp³-hybridized carbons (Fsp3) is 0.350. The summed E-state index contributed by atoms with van der Waals surface area (Å²) in [5.41, 5.74) is 0. The van der Waals surface area contributed by atoms with Crippen LogP contribution in [0.1, 0.15) is 0 Å². The molecule has 5 heteroatoms. The fourth-order valence-corrected chi connectivity index (χ4v) is 7.61. The van der Waals surface area contributed by atoms with E-state index in [9.17, 15) is 4.79 Å². The zero-order chi connectivity index (χ0) is 16.9. The smallest absolute Gasteiger partial charge is 0.170 e. The summed E-state index contributed by atoms with van der Waals surface area (Å²) in [7, 11) is 0. The summed E-state index contributed by atoms with van der Waals surface area (Å²) in [6.45, 7) is 4.50. The molecule has 2 aromatic carbocycles. The number of benzene rings is 2. The predicted octanol–water partition coefficient (Wildman–Crippen LogP) is 3.22. The standard InChI is InChI=1S/C20H20N2OS2/c23-18-19(24-16-7-3-1-4-8-16)11-21-13-20(18,14-22(12-19)15-21)25-17-9-5-2-6-10-17/h1-10H,11-15H2. The van der Waals surface area contributed by atoms with E-state index in [0.29, 0.717) is 5.78 Å². The number of Topliss-reactive ketones (excluding diaryl/α,β-unsaturated/α-hetero) is 1. The molecule has 4 heterocycles. The molecule has 3 nitrogen and oxygen atoms in total. The van der Waals surface area contributed by atoms with Gasteiger partial charge in [-0.1, -0.05) is 36.4 Å². The average molecular weight is 369 g/mol. The third kappa shape index (κ3) is 2.65. The van der Waals surface area contributed by atoms with Crippen LogP contribution in [0.15, 0.2) is 70.5 Å². The van der Waals surface area contributed by atoms with Gasteiger partial charge < -0.3 is 0 Å². The zero-order valence-electron chi connectivity index (χ0n) is 13.9. The molecule has 4 bridgehead atoms. The predicted molar refractivity (Wildman–Crippen MR) is 103 cm³/mol. The van der Waals surface area contributed by atoms with Crippen LogP contribution in [0, 0.1) is 0 Å². The van der Waals surface area contributed by atoms with Crippen LogP contribution < -0.4 is 0 Å². The number of piperidine rings is 2. The Bertz CT molecular complexity index is 718. The van der Waals surface area contributed by atoms with Crippen molar-refractivity contribution < 1.29 is 4.79 Å². The molecule has 0 aromatic heterocycles. The Balaban J connectivity index is 1.51. The van der Waals surface area contributed by atoms with Crippen molar-refractivity contribution in [3.8, 4) is 0 Å². The summed E-state index contributed by atoms with van der Waals surface area (Å²) in [4.78, 5) is 21.1. The molecule has 4 saturated heterocycles. The van der Waals surface area contributed by atoms with Gasteiger partial charge in [-0.2, -0.15) is 0 Å². The summed E-state index contributed by atoms with van der Waals surface area (Å²) < 4.78 is -0.671. The molecule has 128 valence electrons. The molecule has 4 aliphatic rings. The lowest BCUT2D eigenvalue weighted by molar-refractivity contribution is -0.141. The molecular formula is C20H20N2OS2. The van der Waals surface area contributed by atoms with E-state index in [1.165, 1.54) is 9.79 Å². The Labute approximate surface area is 156 Å². The number of hydrogen-bond donors (Lipinski definition) is 0. The Morgan fingerprint density at radius 2 is 1.08 bits per heavy atom. The Hall–Kier alpha value is -1.27. The van der Waals surface area contributed by atoms with Gasteiger partial charge >= 0.3 is 0 Å². The van der Waals surface area contributed by atoms with Gasteiger partial charge in [0.15, 0.2) is 5.78 Å². The van der Waals surface area contributed by atoms with Crippen LogP contribution in [-0.2, 0) is 4.79 Å². The number of rotatable bonds is 4. The van der Waals surface area contributed by atoms with Crippen LogP contribution in [0.5, 0.6) is 0 Å². The van der Waals surface area contributed by atoms with Gasteiger partial charge in [-0.15, -0.1) is 23.5 Å². The number of carbonyl (C=O) groups is 1. The van der Waals surface area contributed by atoms with Gasteiger partial charge in [-0.3, -0.25) is 14.6 Å². The van der Waals surface area contributed by atoms with Gasteiger partial charge in [-0.05, 0) is 24.3 Å². The number of ketones is 1. The van der Waals surface area contributed by atoms with Crippen LogP contribution in [0.2, 0.25) is 0 Å². The van der Waals surface area contributed by atoms with Crippen LogP contribution in [0.25, 0.3) is 0 Å². The second-order valence-corrected chi connectivity index (χ2v) is 10.2. The number of thioether (sulfide) groups is 2. The van der Waals surface area contributed by atoms with Crippen molar-refractivity contribution >= 4 is 29.3 Å². The first kappa shape index (κ1) is 15.9. The van der Waals surface area contributed by atoms with Gasteiger partial charge in [0, 0.05) is 36.0 Å². The van der Waals surface area contributed by atoms with Crippen LogP contribution in [-0.4, -0.2) is 57.9 Å². The SMILES string of the molecule is O=C1C2(Sc3ccccc3)CN3CN(C2)CC1(Sc1ccccc1)C3. The molecule has 0 spiro atoms. The topological polar surface area (TPSA) is 23.6 Å². The first-order valence-electron chi connectivity index (χ1n) is 8.65. The van der Waals surface area contributed by atoms with Crippen molar-refractivity contribution in [1.82, 2.24) is 9.80 Å². The second-order valence-electron chi connectivity index (χ2n) is 7.26. The largest absolute Gasteiger partial charge is 0.296 e. The quantitative estimate of drug-likeness (QED) is 0.825. The van der Waals surface area contributed by atoms with Crippen LogP contribution >= 0.6 is 23.5 Å². The molecule has 0 saturated carbocycles. The summed E-state index contributed by atoms with van der Waals surface area (Å²) in [5, 5.41) is 0. The third-order valence-electron chi connectivity index (χ3n) is 5.26. The molecule has 0 atom stereocenters. The maximum absolute atomic E-state index is 13.7. The van der Waals surface area contributed by atoms with Gasteiger partial charge in [0.2, 0.25) is 0 Å². The first-order chi connectivity index (χ1) is 12.2. The highest BCUT2D eigenvalue weighted by atomic mass is 32.2. The maximum atomic E-state index is 13.7. The maximum Gasteiger partial charge on any atom is 0.170 e. The molecule has 0 N–H and O–H groups in total. The van der Waals surface area contributed by atoms with Crippen molar-refractivity contribution in [3.05, 3.63) is 60.7 Å². The van der Waals surface area contributed by atoms with Crippen molar-refractivity contribution in [3.63, 3.8) is 0 Å². The molecule has 6 rings (SSSR count). The van der Waals surface area contributed by atoms with Gasteiger partial charge in [0.1, 0.15) is 9.49 Å². The van der Waals surface area contributed by atoms with E-state index in [1.807, 2.05) is 12.1 Å². The molecule has 25 heavy (non-hydrogen) atoms. The lowest BCUT2D eigenvalue weighted by Crippen LogP contribution is -2.80. The molecule has 0 radical (unpaired) electrons. The highest BCUT2D eigenvalue weighted by Gasteiger charge is 2.64. The second kappa shape index (κ2) is 5.88. The normalized spacial score (nSPS) is 35.9. The molecule has 0 aliphatic carbocycles. The van der Waals surface area contributed by atoms with Gasteiger partial charge in [0.05, 0.1) is 6.67 Å². The van der Waals surface area contributed by atoms with Gasteiger partial charge in [-0.25, -0.2) is 0 Å². The van der Waals surface area contributed by atoms with E-state index in [4.69, 9.17) is 0 Å². The minimum Gasteiger partial charge on any atom is -0.296 e. The first-order valence-corrected chi connectivity index (χ1v) is 10.3. The highest BCUT2D eigenvalue weighted by molar-refractivity contribution is 8.03. The Morgan fingerprint density at radius 1 is 0.680 bits per heavy atom. The number of hydrogen-bond acceptors (Lipinski definition) is 5. The Kier molecular flexibility index (Phi) is 3.75. The van der Waals surface area contributed by atoms with Gasteiger partial charge in [0.25, 0.3) is 0 Å². The zero-order valence-corrected chi connectivity index (χ0v) is 15.6. The van der Waals surface area contributed by atoms with E-state index in [2.05, 4.69) is 58.3 Å². The number of carbonyl (C=O) groups excluding carboxylic acids is 1. The minimum atomic E-state index is -0.335. The molecule has 0 unspecified atom stereocenters. The summed E-state index contributed by atoms with van der Waals surface area (Å²) in [6.07, 6.45) is 0. The van der Waals surface area contributed by atoms with Crippen LogP contribution in [0.3, 0.4) is 0 Å². The third-order valence-corrected chi connectivity index (χ3v) is 7.94. The molecule has 4 aliphatic heterocycles. The molecule has 0 amide bonds. The Morgan fingerprint density at radius 3 is 1.48 bits per heavy atom. The summed E-state index contributed by atoms with van der Waals surface area (Å²) in [5.74, 6) is 0.440. The highest BCUT2D eigenvalue weighted by Crippen LogP contribution is 2.52. The average Bonchev–Trinajstić information content (AvgIpc) is 2.61. The summed E-state index contributed by atoms with van der Waals surface area (Å²) >= 11 is 3.54. The lowest BCUT2D eigenvalue weighted by atomic mass is 9.79. The fourth-order valence-electron chi connectivity index (χ4n) is 4.49. The van der Waals surface area contributed by atoms with E-state index in [0.717, 1.165) is 32.8 Å². The van der Waals surface area contributed by atoms with E-state index >= 15 is 0 Å². The molecule has 4 fully saturated rings. The molecular weight excluding hydrogens is 348 g/mol. The molecule has 2 aromatic rings. The van der Waals surface area contributed by atoms with E-state index < -0.39 is 0 Å². The van der Waals surface area contributed by atoms with Crippen molar-refractivity contribution in [1.29, 1.82) is 0 Å². The van der Waals surface area contributed by atoms with Crippen LogP contribution in [0.4, 0.5) is 0 Å². The lowest BCUT2D eigenvalue weighted by Gasteiger charge is -2.62. The van der Waals surface area contributed by atoms with E-state index in [-0.39, 0.29) is 9.49 Å². The number of nitrogens with zero attached hydrogens (tertiary/aromatic N) is 2. The van der Waals surface area contributed by atoms with Crippen molar-refractivity contribution in [2.75, 3.05) is 32.8 Å². The summed E-state index contributed by atoms with van der Waals surface area (Å²) in [6, 6.07) is 20.8. The van der Waals surface area contributed by atoms with Crippen molar-refractivity contribution in [2.45, 2.75) is 19.3 Å².